The molecule has 8 aromatic rings. The molecule has 0 atom stereocenters. The van der Waals surface area contributed by atoms with Gasteiger partial charge in [0.25, 0.3) is 0 Å². The number of para-hydroxylation sites is 1. The Morgan fingerprint density at radius 1 is 0.468 bits per heavy atom. The Balaban J connectivity index is 1.21. The lowest BCUT2D eigenvalue weighted by molar-refractivity contribution is 0.418. The summed E-state index contributed by atoms with van der Waals surface area (Å²) in [5, 5.41) is 1.98. The first-order valence-electron chi connectivity index (χ1n) is 15.8. The Kier molecular flexibility index (Phi) is 6.09. The SMILES string of the molecule is CC1(C)c2ccccc2Oc2ccc(-c3ccc4oc5cccc(-c6nc(-c7ccccc7)nc(-c7ccccc7)n6)c5c4c3)cc21. The van der Waals surface area contributed by atoms with Gasteiger partial charge in [-0.3, -0.25) is 0 Å². The van der Waals surface area contributed by atoms with Gasteiger partial charge in [0.2, 0.25) is 0 Å². The summed E-state index contributed by atoms with van der Waals surface area (Å²) in [6.07, 6.45) is 0. The molecule has 5 nitrogen and oxygen atoms in total. The minimum absolute atomic E-state index is 0.203. The molecule has 0 N–H and O–H groups in total. The van der Waals surface area contributed by atoms with Crippen LogP contribution in [0.4, 0.5) is 0 Å². The van der Waals surface area contributed by atoms with E-state index in [1.807, 2.05) is 84.9 Å². The standard InChI is InChI=1S/C42H29N3O2/c1-42(2)32-17-9-10-18-35(32)47-36-23-21-29(25-33(36)42)28-20-22-34-31(24-28)38-30(16-11-19-37(38)46-34)41-44-39(26-12-5-3-6-13-26)43-40(45-41)27-14-7-4-8-15-27/h3-25H,1-2H3. The molecular weight excluding hydrogens is 578 g/mol. The maximum atomic E-state index is 6.41. The second-order valence-corrected chi connectivity index (χ2v) is 12.5. The average Bonchev–Trinajstić information content (AvgIpc) is 3.50. The Bertz CT molecular complexity index is 2410. The van der Waals surface area contributed by atoms with Crippen LogP contribution in [0, 0.1) is 0 Å². The van der Waals surface area contributed by atoms with E-state index in [9.17, 15) is 0 Å². The highest BCUT2D eigenvalue weighted by Gasteiger charge is 2.34. The van der Waals surface area contributed by atoms with E-state index in [-0.39, 0.29) is 5.41 Å². The maximum Gasteiger partial charge on any atom is 0.164 e. The van der Waals surface area contributed by atoms with Gasteiger partial charge in [-0.2, -0.15) is 0 Å². The Morgan fingerprint density at radius 3 is 1.83 bits per heavy atom. The fraction of sp³-hybridized carbons (Fsp3) is 0.0714. The van der Waals surface area contributed by atoms with Gasteiger partial charge in [0, 0.05) is 44.0 Å². The predicted octanol–water partition coefficient (Wildman–Crippen LogP) is 10.9. The van der Waals surface area contributed by atoms with Crippen molar-refractivity contribution in [3.05, 3.63) is 151 Å². The van der Waals surface area contributed by atoms with Crippen LogP contribution < -0.4 is 4.74 Å². The van der Waals surface area contributed by atoms with Crippen molar-refractivity contribution in [1.82, 2.24) is 15.0 Å². The van der Waals surface area contributed by atoms with Gasteiger partial charge in [-0.15, -0.1) is 0 Å². The number of nitrogens with zero attached hydrogens (tertiary/aromatic N) is 3. The molecule has 0 unspecified atom stereocenters. The average molecular weight is 608 g/mol. The Morgan fingerprint density at radius 2 is 1.09 bits per heavy atom. The predicted molar refractivity (Wildman–Crippen MR) is 187 cm³/mol. The molecule has 47 heavy (non-hydrogen) atoms. The summed E-state index contributed by atoms with van der Waals surface area (Å²) in [4.78, 5) is 14.9. The summed E-state index contributed by atoms with van der Waals surface area (Å²) in [5.41, 5.74) is 8.72. The number of benzene rings is 6. The molecule has 1 aliphatic heterocycles. The van der Waals surface area contributed by atoms with Gasteiger partial charge in [-0.25, -0.2) is 15.0 Å². The van der Waals surface area contributed by atoms with Crippen LogP contribution in [0.5, 0.6) is 11.5 Å². The van der Waals surface area contributed by atoms with E-state index in [2.05, 4.69) is 68.4 Å². The molecule has 224 valence electrons. The minimum atomic E-state index is -0.203. The van der Waals surface area contributed by atoms with E-state index in [4.69, 9.17) is 24.1 Å². The van der Waals surface area contributed by atoms with Crippen molar-refractivity contribution >= 4 is 21.9 Å². The fourth-order valence-electron chi connectivity index (χ4n) is 6.74. The molecule has 1 aliphatic rings. The number of hydrogen-bond donors (Lipinski definition) is 0. The second-order valence-electron chi connectivity index (χ2n) is 12.5. The third-order valence-corrected chi connectivity index (χ3v) is 9.20. The van der Waals surface area contributed by atoms with Crippen LogP contribution in [-0.2, 0) is 5.41 Å². The molecule has 0 fully saturated rings. The van der Waals surface area contributed by atoms with Crippen molar-refractivity contribution < 1.29 is 9.15 Å². The lowest BCUT2D eigenvalue weighted by atomic mass is 9.75. The van der Waals surface area contributed by atoms with Gasteiger partial charge < -0.3 is 9.15 Å². The topological polar surface area (TPSA) is 61.0 Å². The zero-order valence-electron chi connectivity index (χ0n) is 25.9. The number of ether oxygens (including phenoxy) is 1. The van der Waals surface area contributed by atoms with Gasteiger partial charge in [-0.05, 0) is 47.5 Å². The lowest BCUT2D eigenvalue weighted by Gasteiger charge is -2.34. The number of furan rings is 1. The first kappa shape index (κ1) is 27.3. The summed E-state index contributed by atoms with van der Waals surface area (Å²) < 4.78 is 12.7. The molecule has 2 aromatic heterocycles. The molecule has 0 aliphatic carbocycles. The molecular formula is C42H29N3O2. The van der Waals surface area contributed by atoms with E-state index in [0.717, 1.165) is 61.3 Å². The molecule has 9 rings (SSSR count). The Hall–Kier alpha value is -6.07. The van der Waals surface area contributed by atoms with Gasteiger partial charge in [0.15, 0.2) is 17.5 Å². The quantitative estimate of drug-likeness (QED) is 0.199. The largest absolute Gasteiger partial charge is 0.457 e. The third kappa shape index (κ3) is 4.50. The normalized spacial score (nSPS) is 13.2. The first-order valence-corrected chi connectivity index (χ1v) is 15.8. The van der Waals surface area contributed by atoms with Gasteiger partial charge in [0.1, 0.15) is 22.7 Å². The zero-order valence-corrected chi connectivity index (χ0v) is 25.9. The van der Waals surface area contributed by atoms with Crippen molar-refractivity contribution in [2.45, 2.75) is 19.3 Å². The fourth-order valence-corrected chi connectivity index (χ4v) is 6.74. The molecule has 0 saturated heterocycles. The van der Waals surface area contributed by atoms with Crippen LogP contribution in [0.15, 0.2) is 144 Å². The van der Waals surface area contributed by atoms with Crippen LogP contribution >= 0.6 is 0 Å². The van der Waals surface area contributed by atoms with Gasteiger partial charge >= 0.3 is 0 Å². The maximum absolute atomic E-state index is 6.41. The van der Waals surface area contributed by atoms with Crippen LogP contribution in [0.25, 0.3) is 67.2 Å². The number of aromatic nitrogens is 3. The van der Waals surface area contributed by atoms with Crippen molar-refractivity contribution in [2.24, 2.45) is 0 Å². The van der Waals surface area contributed by atoms with E-state index in [1.54, 1.807) is 0 Å². The highest BCUT2D eigenvalue weighted by Crippen LogP contribution is 2.49. The van der Waals surface area contributed by atoms with Crippen molar-refractivity contribution in [3.63, 3.8) is 0 Å². The van der Waals surface area contributed by atoms with E-state index >= 15 is 0 Å². The van der Waals surface area contributed by atoms with Gasteiger partial charge in [0.05, 0.1) is 0 Å². The summed E-state index contributed by atoms with van der Waals surface area (Å²) in [6, 6.07) is 47.4. The van der Waals surface area contributed by atoms with Crippen molar-refractivity contribution in [3.8, 4) is 56.8 Å². The summed E-state index contributed by atoms with van der Waals surface area (Å²) >= 11 is 0. The van der Waals surface area contributed by atoms with Crippen molar-refractivity contribution in [2.75, 3.05) is 0 Å². The van der Waals surface area contributed by atoms with Gasteiger partial charge in [-0.1, -0.05) is 117 Å². The molecule has 0 saturated carbocycles. The van der Waals surface area contributed by atoms with Crippen LogP contribution in [0.1, 0.15) is 25.0 Å². The van der Waals surface area contributed by atoms with E-state index < -0.39 is 0 Å². The van der Waals surface area contributed by atoms with Crippen LogP contribution in [0.3, 0.4) is 0 Å². The molecule has 0 amide bonds. The highest BCUT2D eigenvalue weighted by molar-refractivity contribution is 6.12. The van der Waals surface area contributed by atoms with E-state index in [0.29, 0.717) is 17.5 Å². The molecule has 5 heteroatoms. The molecule has 0 radical (unpaired) electrons. The third-order valence-electron chi connectivity index (χ3n) is 9.20. The summed E-state index contributed by atoms with van der Waals surface area (Å²) in [7, 11) is 0. The smallest absolute Gasteiger partial charge is 0.164 e. The van der Waals surface area contributed by atoms with E-state index in [1.165, 1.54) is 11.1 Å². The molecule has 0 bridgehead atoms. The molecule has 0 spiro atoms. The van der Waals surface area contributed by atoms with Crippen LogP contribution in [-0.4, -0.2) is 15.0 Å². The van der Waals surface area contributed by atoms with Crippen LogP contribution in [0.2, 0.25) is 0 Å². The highest BCUT2D eigenvalue weighted by atomic mass is 16.5. The number of rotatable bonds is 4. The van der Waals surface area contributed by atoms with Crippen molar-refractivity contribution in [1.29, 1.82) is 0 Å². The number of fused-ring (bicyclic) bond motifs is 5. The minimum Gasteiger partial charge on any atom is -0.457 e. The summed E-state index contributed by atoms with van der Waals surface area (Å²) in [5.74, 6) is 3.66. The summed E-state index contributed by atoms with van der Waals surface area (Å²) in [6.45, 7) is 4.52. The number of hydrogen-bond acceptors (Lipinski definition) is 5. The monoisotopic (exact) mass is 607 g/mol. The zero-order chi connectivity index (χ0) is 31.5. The second kappa shape index (κ2) is 10.5. The molecule has 3 heterocycles. The Labute approximate surface area is 272 Å². The first-order chi connectivity index (χ1) is 23.0. The molecule has 6 aromatic carbocycles. The lowest BCUT2D eigenvalue weighted by Crippen LogP contribution is -2.24.